The quantitative estimate of drug-likeness (QED) is 0.696. The molecule has 0 aliphatic heterocycles. The van der Waals surface area contributed by atoms with Crippen LogP contribution < -0.4 is 0 Å². The van der Waals surface area contributed by atoms with Gasteiger partial charge in [0.1, 0.15) is 0 Å². The van der Waals surface area contributed by atoms with Crippen LogP contribution in [0.25, 0.3) is 0 Å². The number of rotatable bonds is 6. The smallest absolute Gasteiger partial charge is 0.276 e. The highest BCUT2D eigenvalue weighted by atomic mass is 32.2. The first-order valence-corrected chi connectivity index (χ1v) is 9.30. The fourth-order valence-electron chi connectivity index (χ4n) is 3.08. The zero-order valence-corrected chi connectivity index (χ0v) is 14.0. The van der Waals surface area contributed by atoms with E-state index in [2.05, 4.69) is 41.4 Å². The van der Waals surface area contributed by atoms with E-state index in [0.717, 1.165) is 29.2 Å². The van der Waals surface area contributed by atoms with Crippen molar-refractivity contribution in [1.82, 2.24) is 10.2 Å². The van der Waals surface area contributed by atoms with Gasteiger partial charge in [-0.05, 0) is 30.2 Å². The summed E-state index contributed by atoms with van der Waals surface area (Å²) < 4.78 is 5.81. The SMILES string of the molecule is CC(Cc1nnc(SCC2CCCCC2)o1)c1ccccc1. The van der Waals surface area contributed by atoms with E-state index in [1.54, 1.807) is 11.8 Å². The molecule has 3 rings (SSSR count). The Hall–Kier alpha value is -1.29. The maximum atomic E-state index is 5.81. The molecule has 0 N–H and O–H groups in total. The molecule has 0 spiro atoms. The molecule has 1 fully saturated rings. The van der Waals surface area contributed by atoms with Gasteiger partial charge in [-0.1, -0.05) is 68.3 Å². The first-order valence-electron chi connectivity index (χ1n) is 8.31. The second kappa shape index (κ2) is 7.82. The van der Waals surface area contributed by atoms with E-state index in [1.165, 1.54) is 37.7 Å². The molecule has 1 atom stereocenters. The number of aromatic nitrogens is 2. The summed E-state index contributed by atoms with van der Waals surface area (Å²) >= 11 is 1.73. The lowest BCUT2D eigenvalue weighted by molar-refractivity contribution is 0.384. The van der Waals surface area contributed by atoms with Crippen molar-refractivity contribution < 1.29 is 4.42 Å². The van der Waals surface area contributed by atoms with Crippen LogP contribution in [0.5, 0.6) is 0 Å². The lowest BCUT2D eigenvalue weighted by Crippen LogP contribution is -2.08. The van der Waals surface area contributed by atoms with Crippen molar-refractivity contribution in [2.75, 3.05) is 5.75 Å². The third-order valence-corrected chi connectivity index (χ3v) is 5.51. The van der Waals surface area contributed by atoms with Crippen molar-refractivity contribution in [1.29, 1.82) is 0 Å². The Labute approximate surface area is 136 Å². The molecule has 118 valence electrons. The second-order valence-electron chi connectivity index (χ2n) is 6.29. The molecule has 1 aromatic heterocycles. The van der Waals surface area contributed by atoms with Gasteiger partial charge in [-0.3, -0.25) is 0 Å². The number of benzene rings is 1. The minimum Gasteiger partial charge on any atom is -0.416 e. The predicted octanol–water partition coefficient (Wildman–Crippen LogP) is 5.09. The lowest BCUT2D eigenvalue weighted by Gasteiger charge is -2.19. The van der Waals surface area contributed by atoms with E-state index in [-0.39, 0.29) is 0 Å². The van der Waals surface area contributed by atoms with E-state index in [0.29, 0.717) is 5.92 Å². The molecule has 2 aromatic rings. The molecule has 22 heavy (non-hydrogen) atoms. The molecule has 0 radical (unpaired) electrons. The minimum absolute atomic E-state index is 0.401. The Morgan fingerprint density at radius 1 is 1.14 bits per heavy atom. The summed E-state index contributed by atoms with van der Waals surface area (Å²) in [5, 5.41) is 9.14. The monoisotopic (exact) mass is 316 g/mol. The summed E-state index contributed by atoms with van der Waals surface area (Å²) in [5.74, 6) is 3.10. The number of thioether (sulfide) groups is 1. The van der Waals surface area contributed by atoms with Gasteiger partial charge in [0.2, 0.25) is 5.89 Å². The summed E-state index contributed by atoms with van der Waals surface area (Å²) in [6.07, 6.45) is 7.70. The molecule has 1 aromatic carbocycles. The molecule has 1 saturated carbocycles. The third-order valence-electron chi connectivity index (χ3n) is 4.46. The van der Waals surface area contributed by atoms with E-state index in [1.807, 2.05) is 6.07 Å². The van der Waals surface area contributed by atoms with E-state index in [9.17, 15) is 0 Å². The van der Waals surface area contributed by atoms with Crippen LogP contribution in [-0.2, 0) is 6.42 Å². The van der Waals surface area contributed by atoms with Crippen molar-refractivity contribution in [3.63, 3.8) is 0 Å². The maximum absolute atomic E-state index is 5.81. The van der Waals surface area contributed by atoms with Crippen LogP contribution >= 0.6 is 11.8 Å². The maximum Gasteiger partial charge on any atom is 0.276 e. The normalized spacial score (nSPS) is 17.5. The minimum atomic E-state index is 0.401. The second-order valence-corrected chi connectivity index (χ2v) is 7.26. The zero-order chi connectivity index (χ0) is 15.2. The number of hydrogen-bond donors (Lipinski definition) is 0. The number of hydrogen-bond acceptors (Lipinski definition) is 4. The standard InChI is InChI=1S/C18H24N2OS/c1-14(16-10-6-3-7-11-16)12-17-19-20-18(21-17)22-13-15-8-4-2-5-9-15/h3,6-7,10-11,14-15H,2,4-5,8-9,12-13H2,1H3. The highest BCUT2D eigenvalue weighted by Gasteiger charge is 2.16. The zero-order valence-electron chi connectivity index (χ0n) is 13.2. The van der Waals surface area contributed by atoms with Gasteiger partial charge in [0.05, 0.1) is 0 Å². The average molecular weight is 316 g/mol. The van der Waals surface area contributed by atoms with Gasteiger partial charge >= 0.3 is 0 Å². The van der Waals surface area contributed by atoms with Crippen LogP contribution in [0, 0.1) is 5.92 Å². The van der Waals surface area contributed by atoms with E-state index < -0.39 is 0 Å². The van der Waals surface area contributed by atoms with E-state index in [4.69, 9.17) is 4.42 Å². The molecule has 1 aliphatic carbocycles. The van der Waals surface area contributed by atoms with Gasteiger partial charge in [0.15, 0.2) is 0 Å². The fourth-order valence-corrected chi connectivity index (χ4v) is 4.05. The summed E-state index contributed by atoms with van der Waals surface area (Å²) in [7, 11) is 0. The molecule has 1 heterocycles. The molecular formula is C18H24N2OS. The van der Waals surface area contributed by atoms with Crippen molar-refractivity contribution in [3.8, 4) is 0 Å². The van der Waals surface area contributed by atoms with Crippen molar-refractivity contribution in [2.24, 2.45) is 5.92 Å². The van der Waals surface area contributed by atoms with Crippen LogP contribution in [0.2, 0.25) is 0 Å². The third kappa shape index (κ3) is 4.35. The van der Waals surface area contributed by atoms with Crippen LogP contribution in [0.3, 0.4) is 0 Å². The molecule has 4 heteroatoms. The fraction of sp³-hybridized carbons (Fsp3) is 0.556. The molecule has 1 aliphatic rings. The average Bonchev–Trinajstić information content (AvgIpc) is 3.02. The molecule has 1 unspecified atom stereocenters. The van der Waals surface area contributed by atoms with E-state index >= 15 is 0 Å². The molecule has 0 bridgehead atoms. The van der Waals surface area contributed by atoms with Crippen LogP contribution in [0.15, 0.2) is 40.0 Å². The predicted molar refractivity (Wildman–Crippen MR) is 90.2 cm³/mol. The molecular weight excluding hydrogens is 292 g/mol. The van der Waals surface area contributed by atoms with Crippen LogP contribution in [0.4, 0.5) is 0 Å². The van der Waals surface area contributed by atoms with Gasteiger partial charge in [0, 0.05) is 12.2 Å². The molecule has 3 nitrogen and oxygen atoms in total. The molecule has 0 saturated heterocycles. The van der Waals surface area contributed by atoms with Crippen LogP contribution in [-0.4, -0.2) is 16.0 Å². The highest BCUT2D eigenvalue weighted by Crippen LogP contribution is 2.30. The van der Waals surface area contributed by atoms with Crippen molar-refractivity contribution in [2.45, 2.75) is 56.6 Å². The van der Waals surface area contributed by atoms with Crippen molar-refractivity contribution >= 4 is 11.8 Å². The van der Waals surface area contributed by atoms with Gasteiger partial charge in [-0.15, -0.1) is 10.2 Å². The Morgan fingerprint density at radius 2 is 1.91 bits per heavy atom. The van der Waals surface area contributed by atoms with Gasteiger partial charge < -0.3 is 4.42 Å². The Bertz CT molecular complexity index is 563. The summed E-state index contributed by atoms with van der Waals surface area (Å²) in [6.45, 7) is 2.20. The first kappa shape index (κ1) is 15.6. The Morgan fingerprint density at radius 3 is 2.68 bits per heavy atom. The first-order chi connectivity index (χ1) is 10.8. The van der Waals surface area contributed by atoms with Gasteiger partial charge in [0.25, 0.3) is 5.22 Å². The Kier molecular flexibility index (Phi) is 5.54. The largest absolute Gasteiger partial charge is 0.416 e. The topological polar surface area (TPSA) is 38.9 Å². The number of nitrogens with zero attached hydrogens (tertiary/aromatic N) is 2. The van der Waals surface area contributed by atoms with Crippen LogP contribution in [0.1, 0.15) is 56.4 Å². The Balaban J connectivity index is 1.50. The summed E-state index contributed by atoms with van der Waals surface area (Å²) in [5.41, 5.74) is 1.32. The van der Waals surface area contributed by atoms with Crippen molar-refractivity contribution in [3.05, 3.63) is 41.8 Å². The van der Waals surface area contributed by atoms with Gasteiger partial charge in [-0.2, -0.15) is 0 Å². The molecule has 0 amide bonds. The summed E-state index contributed by atoms with van der Waals surface area (Å²) in [6, 6.07) is 10.5. The van der Waals surface area contributed by atoms with Gasteiger partial charge in [-0.25, -0.2) is 0 Å². The summed E-state index contributed by atoms with van der Waals surface area (Å²) in [4.78, 5) is 0. The lowest BCUT2D eigenvalue weighted by atomic mass is 9.91. The highest BCUT2D eigenvalue weighted by molar-refractivity contribution is 7.99.